The summed E-state index contributed by atoms with van der Waals surface area (Å²) in [4.78, 5) is 29.9. The highest BCUT2D eigenvalue weighted by Crippen LogP contribution is 2.30. The lowest BCUT2D eigenvalue weighted by molar-refractivity contribution is -0.125. The zero-order valence-electron chi connectivity index (χ0n) is 16.9. The van der Waals surface area contributed by atoms with Crippen LogP contribution in [-0.4, -0.2) is 41.9 Å². The van der Waals surface area contributed by atoms with E-state index in [1.54, 1.807) is 37.4 Å². The Hall–Kier alpha value is -3.50. The van der Waals surface area contributed by atoms with Gasteiger partial charge in [-0.2, -0.15) is 0 Å². The van der Waals surface area contributed by atoms with Gasteiger partial charge in [0.2, 0.25) is 0 Å². The predicted molar refractivity (Wildman–Crippen MR) is 108 cm³/mol. The van der Waals surface area contributed by atoms with Gasteiger partial charge in [0.1, 0.15) is 11.3 Å². The second-order valence-corrected chi connectivity index (χ2v) is 7.08. The Kier molecular flexibility index (Phi) is 5.34. The smallest absolute Gasteiger partial charge is 0.254 e. The van der Waals surface area contributed by atoms with Crippen molar-refractivity contribution < 1.29 is 28.2 Å². The monoisotopic (exact) mass is 428 g/mol. The number of aromatic nitrogens is 1. The van der Waals surface area contributed by atoms with Crippen molar-refractivity contribution in [1.82, 2.24) is 20.9 Å². The molecule has 1 aliphatic rings. The van der Waals surface area contributed by atoms with Gasteiger partial charge in [-0.15, -0.1) is 0 Å². The van der Waals surface area contributed by atoms with Crippen molar-refractivity contribution in [3.05, 3.63) is 59.2 Å². The summed E-state index contributed by atoms with van der Waals surface area (Å²) in [7, 11) is 1.31. The number of furan rings is 1. The van der Waals surface area contributed by atoms with Crippen LogP contribution in [0.2, 0.25) is 0 Å². The number of nitrogens with one attached hydrogen (secondary N) is 3. The van der Waals surface area contributed by atoms with E-state index < -0.39 is 29.5 Å². The number of benzene rings is 1. The SMILES string of the molecule is CCc1ccc(OC)c(F)c1C(=O)NCC1(c2cc3ncccc3o2)NC(O)NC1=O. The Morgan fingerprint density at radius 2 is 2.23 bits per heavy atom. The van der Waals surface area contributed by atoms with Crippen molar-refractivity contribution >= 4 is 22.9 Å². The normalized spacial score (nSPS) is 20.6. The van der Waals surface area contributed by atoms with Crippen molar-refractivity contribution in [2.45, 2.75) is 25.2 Å². The summed E-state index contributed by atoms with van der Waals surface area (Å²) < 4.78 is 25.6. The molecule has 2 amide bonds. The maximum absolute atomic E-state index is 14.8. The minimum Gasteiger partial charge on any atom is -0.494 e. The van der Waals surface area contributed by atoms with Crippen LogP contribution in [0.1, 0.15) is 28.6 Å². The van der Waals surface area contributed by atoms with E-state index in [0.29, 0.717) is 23.1 Å². The molecule has 0 saturated carbocycles. The number of methoxy groups -OCH3 is 1. The average molecular weight is 428 g/mol. The van der Waals surface area contributed by atoms with Gasteiger partial charge in [-0.05, 0) is 30.2 Å². The van der Waals surface area contributed by atoms with E-state index in [9.17, 15) is 19.1 Å². The Bertz CT molecular complexity index is 1130. The first kappa shape index (κ1) is 20.8. The molecule has 31 heavy (non-hydrogen) atoms. The predicted octanol–water partition coefficient (Wildman–Crippen LogP) is 1.16. The number of hydrogen-bond acceptors (Lipinski definition) is 7. The van der Waals surface area contributed by atoms with Crippen LogP contribution in [0.15, 0.2) is 40.9 Å². The Labute approximate surface area is 176 Å². The maximum atomic E-state index is 14.8. The summed E-state index contributed by atoms with van der Waals surface area (Å²) >= 11 is 0. The lowest BCUT2D eigenvalue weighted by atomic mass is 9.95. The highest BCUT2D eigenvalue weighted by Gasteiger charge is 2.50. The number of carbonyl (C=O) groups is 2. The number of amides is 2. The van der Waals surface area contributed by atoms with E-state index >= 15 is 0 Å². The average Bonchev–Trinajstić information content (AvgIpc) is 3.32. The van der Waals surface area contributed by atoms with Crippen molar-refractivity contribution in [3.8, 4) is 5.75 Å². The van der Waals surface area contributed by atoms with Crippen LogP contribution < -0.4 is 20.7 Å². The highest BCUT2D eigenvalue weighted by atomic mass is 19.1. The van der Waals surface area contributed by atoms with Crippen LogP contribution in [0.5, 0.6) is 5.75 Å². The fourth-order valence-corrected chi connectivity index (χ4v) is 3.66. The number of rotatable bonds is 6. The van der Waals surface area contributed by atoms with E-state index in [0.717, 1.165) is 0 Å². The molecule has 10 heteroatoms. The van der Waals surface area contributed by atoms with Gasteiger partial charge < -0.3 is 24.9 Å². The number of aryl methyl sites for hydroxylation is 1. The number of halogens is 1. The molecule has 1 fully saturated rings. The van der Waals surface area contributed by atoms with Gasteiger partial charge in [0.05, 0.1) is 19.2 Å². The zero-order chi connectivity index (χ0) is 22.2. The molecule has 2 atom stereocenters. The number of aliphatic hydroxyl groups excluding tert-OH is 1. The van der Waals surface area contributed by atoms with E-state index in [-0.39, 0.29) is 23.6 Å². The number of pyridine rings is 1. The van der Waals surface area contributed by atoms with Crippen molar-refractivity contribution in [2.24, 2.45) is 0 Å². The molecule has 3 heterocycles. The molecule has 3 aromatic rings. The lowest BCUT2D eigenvalue weighted by Gasteiger charge is -2.25. The number of nitrogens with zero attached hydrogens (tertiary/aromatic N) is 1. The summed E-state index contributed by atoms with van der Waals surface area (Å²) in [6.45, 7) is 1.48. The molecule has 2 aromatic heterocycles. The minimum atomic E-state index is -1.61. The Balaban J connectivity index is 1.68. The summed E-state index contributed by atoms with van der Waals surface area (Å²) in [5.74, 6) is -2.03. The fraction of sp³-hybridized carbons (Fsp3) is 0.286. The van der Waals surface area contributed by atoms with Crippen molar-refractivity contribution in [3.63, 3.8) is 0 Å². The summed E-state index contributed by atoms with van der Waals surface area (Å²) in [5.41, 5.74) is -0.348. The molecule has 1 saturated heterocycles. The van der Waals surface area contributed by atoms with Crippen molar-refractivity contribution in [2.75, 3.05) is 13.7 Å². The van der Waals surface area contributed by atoms with Crippen LogP contribution in [-0.2, 0) is 16.8 Å². The fourth-order valence-electron chi connectivity index (χ4n) is 3.66. The standard InChI is InChI=1S/C21H21FN4O5/c1-3-11-6-7-14(30-2)17(22)16(11)18(27)24-10-21(19(28)25-20(29)26-21)15-9-12-13(31-15)5-4-8-23-12/h4-9,20,26,29H,3,10H2,1-2H3,(H,24,27)(H,25,28). The zero-order valence-corrected chi connectivity index (χ0v) is 16.9. The van der Waals surface area contributed by atoms with Gasteiger partial charge in [-0.3, -0.25) is 19.9 Å². The number of fused-ring (bicyclic) bond motifs is 1. The molecule has 0 radical (unpaired) electrons. The third kappa shape index (κ3) is 3.49. The second-order valence-electron chi connectivity index (χ2n) is 7.08. The highest BCUT2D eigenvalue weighted by molar-refractivity contribution is 5.98. The molecule has 2 unspecified atom stereocenters. The molecule has 162 valence electrons. The molecule has 0 spiro atoms. The van der Waals surface area contributed by atoms with E-state index in [1.807, 2.05) is 0 Å². The number of carbonyl (C=O) groups excluding carboxylic acids is 2. The first-order valence-electron chi connectivity index (χ1n) is 9.65. The molecular weight excluding hydrogens is 407 g/mol. The topological polar surface area (TPSA) is 126 Å². The largest absolute Gasteiger partial charge is 0.494 e. The van der Waals surface area contributed by atoms with Gasteiger partial charge in [-0.25, -0.2) is 4.39 Å². The van der Waals surface area contributed by atoms with Crippen molar-refractivity contribution in [1.29, 1.82) is 0 Å². The maximum Gasteiger partial charge on any atom is 0.254 e. The summed E-state index contributed by atoms with van der Waals surface area (Å²) in [6.07, 6.45) is 0.636. The Morgan fingerprint density at radius 1 is 1.42 bits per heavy atom. The summed E-state index contributed by atoms with van der Waals surface area (Å²) in [6, 6.07) is 7.98. The summed E-state index contributed by atoms with van der Waals surface area (Å²) in [5, 5.41) is 17.6. The van der Waals surface area contributed by atoms with E-state index in [4.69, 9.17) is 9.15 Å². The first-order valence-corrected chi connectivity index (χ1v) is 9.65. The third-order valence-electron chi connectivity index (χ3n) is 5.28. The van der Waals surface area contributed by atoms with Crippen LogP contribution in [0, 0.1) is 5.82 Å². The van der Waals surface area contributed by atoms with Crippen LogP contribution in [0.4, 0.5) is 4.39 Å². The molecule has 1 aromatic carbocycles. The molecular formula is C21H21FN4O5. The van der Waals surface area contributed by atoms with E-state index in [1.165, 1.54) is 13.2 Å². The molecule has 9 nitrogen and oxygen atoms in total. The second kappa shape index (κ2) is 7.97. The third-order valence-corrected chi connectivity index (χ3v) is 5.28. The van der Waals surface area contributed by atoms with Gasteiger partial charge in [-0.1, -0.05) is 13.0 Å². The van der Waals surface area contributed by atoms with Gasteiger partial charge in [0.25, 0.3) is 11.8 Å². The quantitative estimate of drug-likeness (QED) is 0.464. The molecule has 1 aliphatic heterocycles. The lowest BCUT2D eigenvalue weighted by Crippen LogP contribution is -2.53. The molecule has 0 aliphatic carbocycles. The molecule has 4 N–H and O–H groups in total. The van der Waals surface area contributed by atoms with Gasteiger partial charge in [0.15, 0.2) is 29.0 Å². The van der Waals surface area contributed by atoms with Crippen LogP contribution in [0.25, 0.3) is 11.1 Å². The van der Waals surface area contributed by atoms with Gasteiger partial charge in [0, 0.05) is 12.3 Å². The number of hydrogen-bond donors (Lipinski definition) is 4. The molecule has 0 bridgehead atoms. The number of ether oxygens (including phenoxy) is 1. The van der Waals surface area contributed by atoms with Gasteiger partial charge >= 0.3 is 0 Å². The van der Waals surface area contributed by atoms with Crippen LogP contribution >= 0.6 is 0 Å². The Morgan fingerprint density at radius 3 is 2.87 bits per heavy atom. The first-order chi connectivity index (χ1) is 14.9. The van der Waals surface area contributed by atoms with E-state index in [2.05, 4.69) is 20.9 Å². The molecule has 4 rings (SSSR count). The minimum absolute atomic E-state index is 0.0624. The number of aliphatic hydroxyl groups is 1. The van der Waals surface area contributed by atoms with Crippen LogP contribution in [0.3, 0.4) is 0 Å².